The lowest BCUT2D eigenvalue weighted by molar-refractivity contribution is 0.0728. The number of aromatic nitrogens is 2. The SMILES string of the molecule is O=C(c1ccccn1)N1CC[C@@H]2CN(C(=O)c3coc(=O)[nH]3)C[C@@H]2CC1. The fraction of sp³-hybridized carbons (Fsp3) is 0.444. The topological polar surface area (TPSA) is 99.5 Å². The lowest BCUT2D eigenvalue weighted by Crippen LogP contribution is -2.34. The molecule has 2 atom stereocenters. The van der Waals surface area contributed by atoms with Crippen molar-refractivity contribution in [2.75, 3.05) is 26.2 Å². The molecule has 26 heavy (non-hydrogen) atoms. The van der Waals surface area contributed by atoms with Gasteiger partial charge in [-0.25, -0.2) is 4.79 Å². The first-order valence-electron chi connectivity index (χ1n) is 8.79. The minimum Gasteiger partial charge on any atom is -0.416 e. The van der Waals surface area contributed by atoms with E-state index in [1.807, 2.05) is 11.0 Å². The monoisotopic (exact) mass is 356 g/mol. The minimum absolute atomic E-state index is 0.0329. The Hall–Kier alpha value is -2.90. The predicted molar refractivity (Wildman–Crippen MR) is 91.6 cm³/mol. The third-order valence-corrected chi connectivity index (χ3v) is 5.33. The zero-order valence-corrected chi connectivity index (χ0v) is 14.3. The number of pyridine rings is 1. The summed E-state index contributed by atoms with van der Waals surface area (Å²) in [5, 5.41) is 0. The zero-order chi connectivity index (χ0) is 18.1. The van der Waals surface area contributed by atoms with Crippen molar-refractivity contribution >= 4 is 11.8 Å². The number of carbonyl (C=O) groups excluding carboxylic acids is 2. The van der Waals surface area contributed by atoms with Crippen LogP contribution in [0.4, 0.5) is 0 Å². The Balaban J connectivity index is 1.39. The molecule has 0 bridgehead atoms. The van der Waals surface area contributed by atoms with E-state index in [-0.39, 0.29) is 17.5 Å². The lowest BCUT2D eigenvalue weighted by Gasteiger charge is -2.21. The molecule has 8 heteroatoms. The molecule has 8 nitrogen and oxygen atoms in total. The quantitative estimate of drug-likeness (QED) is 0.865. The predicted octanol–water partition coefficient (Wildman–Crippen LogP) is 0.987. The van der Waals surface area contributed by atoms with Gasteiger partial charge in [-0.15, -0.1) is 0 Å². The summed E-state index contributed by atoms with van der Waals surface area (Å²) in [7, 11) is 0. The van der Waals surface area contributed by atoms with Crippen LogP contribution >= 0.6 is 0 Å². The van der Waals surface area contributed by atoms with Crippen molar-refractivity contribution in [1.82, 2.24) is 19.8 Å². The van der Waals surface area contributed by atoms with Crippen LogP contribution in [0.2, 0.25) is 0 Å². The van der Waals surface area contributed by atoms with Gasteiger partial charge in [-0.3, -0.25) is 19.6 Å². The molecule has 1 N–H and O–H groups in total. The summed E-state index contributed by atoms with van der Waals surface area (Å²) >= 11 is 0. The van der Waals surface area contributed by atoms with Crippen molar-refractivity contribution in [3.63, 3.8) is 0 Å². The number of carbonyl (C=O) groups is 2. The number of hydrogen-bond acceptors (Lipinski definition) is 5. The van der Waals surface area contributed by atoms with Crippen LogP contribution in [-0.2, 0) is 0 Å². The zero-order valence-electron chi connectivity index (χ0n) is 14.3. The van der Waals surface area contributed by atoms with Crippen LogP contribution in [0, 0.1) is 11.8 Å². The maximum atomic E-state index is 12.6. The van der Waals surface area contributed by atoms with Gasteiger partial charge >= 0.3 is 5.76 Å². The van der Waals surface area contributed by atoms with Crippen molar-refractivity contribution in [3.8, 4) is 0 Å². The van der Waals surface area contributed by atoms with E-state index in [1.165, 1.54) is 6.26 Å². The van der Waals surface area contributed by atoms with Gasteiger partial charge in [-0.1, -0.05) is 6.07 Å². The van der Waals surface area contributed by atoms with Crippen molar-refractivity contribution in [1.29, 1.82) is 0 Å². The molecular weight excluding hydrogens is 336 g/mol. The average Bonchev–Trinajstić information content (AvgIpc) is 3.23. The smallest absolute Gasteiger partial charge is 0.416 e. The van der Waals surface area contributed by atoms with Crippen LogP contribution in [0.15, 0.2) is 39.9 Å². The maximum Gasteiger partial charge on any atom is 0.416 e. The number of fused-ring (bicyclic) bond motifs is 1. The standard InChI is InChI=1S/C18H20N4O4/c23-16(14-3-1-2-6-19-14)21-7-4-12-9-22(10-13(12)5-8-21)17(24)15-11-26-18(25)20-15/h1-3,6,11-13H,4-5,7-10H2,(H,20,25)/t12-,13+. The Morgan fingerprint density at radius 1 is 1.08 bits per heavy atom. The second-order valence-corrected chi connectivity index (χ2v) is 6.88. The fourth-order valence-corrected chi connectivity index (χ4v) is 3.92. The second-order valence-electron chi connectivity index (χ2n) is 6.88. The molecule has 136 valence electrons. The Labute approximate surface area is 149 Å². The van der Waals surface area contributed by atoms with Crippen molar-refractivity contribution in [3.05, 3.63) is 52.6 Å². The van der Waals surface area contributed by atoms with Crippen molar-refractivity contribution in [2.45, 2.75) is 12.8 Å². The van der Waals surface area contributed by atoms with Crippen LogP contribution in [0.5, 0.6) is 0 Å². The van der Waals surface area contributed by atoms with Crippen molar-refractivity contribution < 1.29 is 14.0 Å². The summed E-state index contributed by atoms with van der Waals surface area (Å²) in [5.74, 6) is -0.136. The molecule has 2 aromatic rings. The Kier molecular flexibility index (Phi) is 4.32. The van der Waals surface area contributed by atoms with Crippen LogP contribution in [-0.4, -0.2) is 57.8 Å². The summed E-state index contributed by atoms with van der Waals surface area (Å²) in [6.07, 6.45) is 4.51. The highest BCUT2D eigenvalue weighted by molar-refractivity contribution is 5.92. The lowest BCUT2D eigenvalue weighted by atomic mass is 9.92. The average molecular weight is 356 g/mol. The van der Waals surface area contributed by atoms with Gasteiger partial charge in [-0.05, 0) is 36.8 Å². The van der Waals surface area contributed by atoms with Gasteiger partial charge in [0.15, 0.2) is 0 Å². The van der Waals surface area contributed by atoms with E-state index in [4.69, 9.17) is 0 Å². The van der Waals surface area contributed by atoms with E-state index >= 15 is 0 Å². The van der Waals surface area contributed by atoms with Gasteiger partial charge < -0.3 is 14.2 Å². The van der Waals surface area contributed by atoms with Crippen LogP contribution < -0.4 is 5.76 Å². The van der Waals surface area contributed by atoms with Crippen LogP contribution in [0.25, 0.3) is 0 Å². The van der Waals surface area contributed by atoms with E-state index in [0.29, 0.717) is 43.7 Å². The number of hydrogen-bond donors (Lipinski definition) is 1. The van der Waals surface area contributed by atoms with Gasteiger partial charge in [0.25, 0.3) is 11.8 Å². The molecule has 2 aliphatic heterocycles. The summed E-state index contributed by atoms with van der Waals surface area (Å²) in [5.41, 5.74) is 0.665. The van der Waals surface area contributed by atoms with Gasteiger partial charge in [0.1, 0.15) is 17.7 Å². The molecule has 4 heterocycles. The van der Waals surface area contributed by atoms with Crippen LogP contribution in [0.1, 0.15) is 33.8 Å². The third kappa shape index (κ3) is 3.14. The number of amides is 2. The molecule has 0 spiro atoms. The second kappa shape index (κ2) is 6.78. The molecule has 0 radical (unpaired) electrons. The van der Waals surface area contributed by atoms with E-state index in [1.54, 1.807) is 23.2 Å². The number of nitrogens with zero attached hydrogens (tertiary/aromatic N) is 3. The summed E-state index contributed by atoms with van der Waals surface area (Å²) in [6.45, 7) is 2.62. The molecule has 0 unspecified atom stereocenters. The number of aromatic amines is 1. The number of oxazole rings is 1. The maximum absolute atomic E-state index is 12.6. The highest BCUT2D eigenvalue weighted by Gasteiger charge is 2.38. The molecule has 2 fully saturated rings. The highest BCUT2D eigenvalue weighted by atomic mass is 16.4. The van der Waals surface area contributed by atoms with Gasteiger partial charge in [-0.2, -0.15) is 0 Å². The minimum atomic E-state index is -0.620. The Bertz CT molecular complexity index is 843. The number of nitrogens with one attached hydrogen (secondary N) is 1. The number of likely N-dealkylation sites (tertiary alicyclic amines) is 2. The van der Waals surface area contributed by atoms with E-state index < -0.39 is 5.76 Å². The van der Waals surface area contributed by atoms with E-state index in [2.05, 4.69) is 14.4 Å². The summed E-state index contributed by atoms with van der Waals surface area (Å²) in [4.78, 5) is 46.3. The fourth-order valence-electron chi connectivity index (χ4n) is 3.92. The van der Waals surface area contributed by atoms with Gasteiger partial charge in [0, 0.05) is 32.4 Å². The Morgan fingerprint density at radius 3 is 2.38 bits per heavy atom. The largest absolute Gasteiger partial charge is 0.416 e. The molecule has 2 saturated heterocycles. The molecule has 0 aromatic carbocycles. The molecule has 4 rings (SSSR count). The molecular formula is C18H20N4O4. The highest BCUT2D eigenvalue weighted by Crippen LogP contribution is 2.32. The number of rotatable bonds is 2. The van der Waals surface area contributed by atoms with E-state index in [0.717, 1.165) is 12.8 Å². The molecule has 0 saturated carbocycles. The summed E-state index contributed by atoms with van der Waals surface area (Å²) in [6, 6.07) is 5.35. The first kappa shape index (κ1) is 16.6. The van der Waals surface area contributed by atoms with Crippen LogP contribution in [0.3, 0.4) is 0 Å². The molecule has 2 aliphatic rings. The third-order valence-electron chi connectivity index (χ3n) is 5.33. The van der Waals surface area contributed by atoms with Crippen molar-refractivity contribution in [2.24, 2.45) is 11.8 Å². The van der Waals surface area contributed by atoms with Gasteiger partial charge in [0.2, 0.25) is 0 Å². The van der Waals surface area contributed by atoms with Gasteiger partial charge in [0.05, 0.1) is 0 Å². The first-order chi connectivity index (χ1) is 12.6. The normalized spacial score (nSPS) is 22.8. The molecule has 2 aromatic heterocycles. The van der Waals surface area contributed by atoms with E-state index in [9.17, 15) is 14.4 Å². The molecule has 2 amide bonds. The Morgan fingerprint density at radius 2 is 1.81 bits per heavy atom. The first-order valence-corrected chi connectivity index (χ1v) is 8.79. The number of H-pyrrole nitrogens is 1. The molecule has 0 aliphatic carbocycles. The summed E-state index contributed by atoms with van der Waals surface area (Å²) < 4.78 is 4.66.